The number of nitrogens with zero attached hydrogens (tertiary/aromatic N) is 2. The van der Waals surface area contributed by atoms with Crippen molar-refractivity contribution in [2.24, 2.45) is 0 Å². The van der Waals surface area contributed by atoms with Gasteiger partial charge in [-0.15, -0.1) is 0 Å². The van der Waals surface area contributed by atoms with Crippen LogP contribution in [-0.2, 0) is 0 Å². The average molecular weight is 328 g/mol. The Balaban J connectivity index is 2.04. The summed E-state index contributed by atoms with van der Waals surface area (Å²) < 4.78 is 11.5. The van der Waals surface area contributed by atoms with Gasteiger partial charge in [0.2, 0.25) is 9.72 Å². The van der Waals surface area contributed by atoms with E-state index in [4.69, 9.17) is 9.26 Å². The van der Waals surface area contributed by atoms with Crippen molar-refractivity contribution in [2.75, 3.05) is 6.61 Å². The molecule has 1 aliphatic rings. The first-order valence-electron chi connectivity index (χ1n) is 5.05. The molecule has 0 saturated heterocycles. The highest BCUT2D eigenvalue weighted by molar-refractivity contribution is 14.1. The number of rotatable bonds is 1. The maximum atomic E-state index is 5.59. The van der Waals surface area contributed by atoms with Crippen molar-refractivity contribution in [3.8, 4) is 5.75 Å². The quantitative estimate of drug-likeness (QED) is 0.755. The van der Waals surface area contributed by atoms with E-state index in [0.29, 0.717) is 16.3 Å². The molecule has 0 amide bonds. The van der Waals surface area contributed by atoms with E-state index < -0.39 is 0 Å². The third-order valence-corrected chi connectivity index (χ3v) is 3.11. The van der Waals surface area contributed by atoms with Crippen molar-refractivity contribution in [2.45, 2.75) is 12.3 Å². The van der Waals surface area contributed by atoms with Crippen molar-refractivity contribution in [1.82, 2.24) is 10.1 Å². The van der Waals surface area contributed by atoms with Gasteiger partial charge in [0.05, 0.1) is 12.5 Å². The summed E-state index contributed by atoms with van der Waals surface area (Å²) in [4.78, 5) is 4.29. The van der Waals surface area contributed by atoms with Crippen molar-refractivity contribution < 1.29 is 9.26 Å². The summed E-state index contributed by atoms with van der Waals surface area (Å²) in [5, 5.41) is 3.82. The molecular weight excluding hydrogens is 319 g/mol. The standard InChI is InChI=1S/C11H9IN2O2/c12-11-13-10(16-14-11)8-5-6-15-9-4-2-1-3-7(8)9/h1-4,8H,5-6H2. The molecule has 0 saturated carbocycles. The van der Waals surface area contributed by atoms with Crippen LogP contribution in [0.3, 0.4) is 0 Å². The van der Waals surface area contributed by atoms with Gasteiger partial charge in [0.25, 0.3) is 0 Å². The fraction of sp³-hybridized carbons (Fsp3) is 0.273. The number of benzene rings is 1. The Labute approximate surface area is 106 Å². The number of para-hydroxylation sites is 1. The zero-order chi connectivity index (χ0) is 11.0. The SMILES string of the molecule is Ic1noc(C2CCOc3ccccc32)n1. The number of hydrogen-bond donors (Lipinski definition) is 0. The first-order chi connectivity index (χ1) is 7.84. The highest BCUT2D eigenvalue weighted by atomic mass is 127. The lowest BCUT2D eigenvalue weighted by Gasteiger charge is -2.22. The lowest BCUT2D eigenvalue weighted by molar-refractivity contribution is 0.256. The zero-order valence-corrected chi connectivity index (χ0v) is 10.5. The van der Waals surface area contributed by atoms with E-state index in [1.807, 2.05) is 40.8 Å². The Morgan fingerprint density at radius 3 is 3.00 bits per heavy atom. The molecule has 1 aromatic heterocycles. The fourth-order valence-corrected chi connectivity index (χ4v) is 2.29. The summed E-state index contributed by atoms with van der Waals surface area (Å²) in [7, 11) is 0. The van der Waals surface area contributed by atoms with Crippen LogP contribution in [0.2, 0.25) is 0 Å². The summed E-state index contributed by atoms with van der Waals surface area (Å²) in [6.45, 7) is 0.695. The molecule has 1 aromatic carbocycles. The van der Waals surface area contributed by atoms with Gasteiger partial charge in [-0.2, -0.15) is 4.98 Å². The van der Waals surface area contributed by atoms with Gasteiger partial charge in [-0.25, -0.2) is 0 Å². The summed E-state index contributed by atoms with van der Waals surface area (Å²) >= 11 is 2.05. The van der Waals surface area contributed by atoms with Gasteiger partial charge in [0, 0.05) is 28.2 Å². The summed E-state index contributed by atoms with van der Waals surface area (Å²) in [5.41, 5.74) is 1.13. The summed E-state index contributed by atoms with van der Waals surface area (Å²) in [5.74, 6) is 1.77. The van der Waals surface area contributed by atoms with E-state index in [0.717, 1.165) is 17.7 Å². The third-order valence-electron chi connectivity index (χ3n) is 2.67. The number of ether oxygens (including phenoxy) is 1. The van der Waals surface area contributed by atoms with E-state index in [-0.39, 0.29) is 5.92 Å². The summed E-state index contributed by atoms with van der Waals surface area (Å²) in [6, 6.07) is 8.00. The van der Waals surface area contributed by atoms with Crippen molar-refractivity contribution in [3.63, 3.8) is 0 Å². The Kier molecular flexibility index (Phi) is 2.55. The minimum Gasteiger partial charge on any atom is -0.493 e. The molecule has 1 aliphatic heterocycles. The molecule has 4 nitrogen and oxygen atoms in total. The van der Waals surface area contributed by atoms with Crippen LogP contribution in [0.5, 0.6) is 5.75 Å². The number of halogens is 1. The second-order valence-electron chi connectivity index (χ2n) is 3.63. The number of hydrogen-bond acceptors (Lipinski definition) is 4. The van der Waals surface area contributed by atoms with Gasteiger partial charge in [-0.3, -0.25) is 0 Å². The van der Waals surface area contributed by atoms with Crippen LogP contribution in [0.15, 0.2) is 28.8 Å². The van der Waals surface area contributed by atoms with E-state index in [1.165, 1.54) is 0 Å². The van der Waals surface area contributed by atoms with Crippen LogP contribution in [0.1, 0.15) is 23.8 Å². The molecular formula is C11H9IN2O2. The normalized spacial score (nSPS) is 18.9. The lowest BCUT2D eigenvalue weighted by Crippen LogP contribution is -2.15. The van der Waals surface area contributed by atoms with E-state index in [9.17, 15) is 0 Å². The molecule has 0 aliphatic carbocycles. The van der Waals surface area contributed by atoms with Crippen molar-refractivity contribution in [3.05, 3.63) is 39.6 Å². The zero-order valence-electron chi connectivity index (χ0n) is 8.39. The van der Waals surface area contributed by atoms with Crippen LogP contribution in [0.4, 0.5) is 0 Å². The molecule has 1 atom stereocenters. The fourth-order valence-electron chi connectivity index (χ4n) is 1.96. The van der Waals surface area contributed by atoms with E-state index in [2.05, 4.69) is 16.2 Å². The molecule has 16 heavy (non-hydrogen) atoms. The topological polar surface area (TPSA) is 48.2 Å². The molecule has 2 heterocycles. The lowest BCUT2D eigenvalue weighted by atomic mass is 9.93. The molecule has 82 valence electrons. The number of fused-ring (bicyclic) bond motifs is 1. The third kappa shape index (κ3) is 1.68. The Morgan fingerprint density at radius 2 is 2.19 bits per heavy atom. The second-order valence-corrected chi connectivity index (χ2v) is 4.59. The van der Waals surface area contributed by atoms with Crippen molar-refractivity contribution in [1.29, 1.82) is 0 Å². The smallest absolute Gasteiger partial charge is 0.235 e. The first kappa shape index (κ1) is 10.1. The van der Waals surface area contributed by atoms with Gasteiger partial charge in [-0.05, 0) is 12.5 Å². The molecule has 1 unspecified atom stereocenters. The van der Waals surface area contributed by atoms with Crippen molar-refractivity contribution >= 4 is 22.6 Å². The van der Waals surface area contributed by atoms with Crippen LogP contribution in [-0.4, -0.2) is 16.7 Å². The van der Waals surface area contributed by atoms with Crippen LogP contribution < -0.4 is 4.74 Å². The summed E-state index contributed by atoms with van der Waals surface area (Å²) in [6.07, 6.45) is 0.884. The molecule has 0 fully saturated rings. The van der Waals surface area contributed by atoms with E-state index >= 15 is 0 Å². The maximum Gasteiger partial charge on any atom is 0.235 e. The predicted octanol–water partition coefficient (Wildman–Crippen LogP) is 2.59. The minimum atomic E-state index is 0.168. The predicted molar refractivity (Wildman–Crippen MR) is 65.4 cm³/mol. The van der Waals surface area contributed by atoms with E-state index in [1.54, 1.807) is 0 Å². The number of aromatic nitrogens is 2. The van der Waals surface area contributed by atoms with Crippen LogP contribution >= 0.6 is 22.6 Å². The molecule has 5 heteroatoms. The first-order valence-corrected chi connectivity index (χ1v) is 6.13. The van der Waals surface area contributed by atoms with Gasteiger partial charge in [0.1, 0.15) is 5.75 Å². The maximum absolute atomic E-state index is 5.59. The second kappa shape index (κ2) is 4.04. The largest absolute Gasteiger partial charge is 0.493 e. The Hall–Kier alpha value is -1.11. The molecule has 0 spiro atoms. The molecule has 3 rings (SSSR count). The molecule has 0 bridgehead atoms. The average Bonchev–Trinajstić information content (AvgIpc) is 2.75. The van der Waals surface area contributed by atoms with Crippen LogP contribution in [0, 0.1) is 3.83 Å². The van der Waals surface area contributed by atoms with Crippen LogP contribution in [0.25, 0.3) is 0 Å². The molecule has 0 N–H and O–H groups in total. The van der Waals surface area contributed by atoms with Gasteiger partial charge in [-0.1, -0.05) is 23.4 Å². The van der Waals surface area contributed by atoms with Gasteiger partial charge >= 0.3 is 0 Å². The molecule has 2 aromatic rings. The van der Waals surface area contributed by atoms with Gasteiger partial charge in [0.15, 0.2) is 0 Å². The van der Waals surface area contributed by atoms with Gasteiger partial charge < -0.3 is 9.26 Å². The Bertz CT molecular complexity index is 512. The minimum absolute atomic E-state index is 0.168. The monoisotopic (exact) mass is 328 g/mol. The highest BCUT2D eigenvalue weighted by Gasteiger charge is 2.27. The Morgan fingerprint density at radius 1 is 1.31 bits per heavy atom. The molecule has 0 radical (unpaired) electrons. The highest BCUT2D eigenvalue weighted by Crippen LogP contribution is 2.36.